The van der Waals surface area contributed by atoms with Gasteiger partial charge in [-0.3, -0.25) is 4.79 Å². The zero-order chi connectivity index (χ0) is 12.1. The number of methoxy groups -OCH3 is 1. The molecule has 1 N–H and O–H groups in total. The van der Waals surface area contributed by atoms with Crippen molar-refractivity contribution in [3.63, 3.8) is 0 Å². The van der Waals surface area contributed by atoms with Crippen LogP contribution in [0, 0.1) is 5.92 Å². The Labute approximate surface area is 105 Å². The van der Waals surface area contributed by atoms with Crippen LogP contribution in [0.2, 0.25) is 4.34 Å². The molecule has 0 aliphatic rings. The molecular formula is C11H16ClNO2S. The predicted molar refractivity (Wildman–Crippen MR) is 66.8 cm³/mol. The zero-order valence-electron chi connectivity index (χ0n) is 9.62. The summed E-state index contributed by atoms with van der Waals surface area (Å²) < 4.78 is 5.47. The molecule has 2 unspecified atom stereocenters. The number of ether oxygens (including phenoxy) is 1. The molecule has 3 nitrogen and oxygen atoms in total. The van der Waals surface area contributed by atoms with E-state index < -0.39 is 0 Å². The third-order valence-corrected chi connectivity index (χ3v) is 3.78. The largest absolute Gasteiger partial charge is 0.469 e. The first-order chi connectivity index (χ1) is 7.54. The van der Waals surface area contributed by atoms with E-state index in [2.05, 4.69) is 5.32 Å². The third-order valence-electron chi connectivity index (χ3n) is 2.55. The first kappa shape index (κ1) is 13.5. The summed E-state index contributed by atoms with van der Waals surface area (Å²) in [6, 6.07) is 3.93. The zero-order valence-corrected chi connectivity index (χ0v) is 11.2. The first-order valence-corrected chi connectivity index (χ1v) is 6.29. The van der Waals surface area contributed by atoms with Gasteiger partial charge >= 0.3 is 5.97 Å². The van der Waals surface area contributed by atoms with Crippen LogP contribution < -0.4 is 5.32 Å². The lowest BCUT2D eigenvalue weighted by Gasteiger charge is -2.18. The smallest absolute Gasteiger partial charge is 0.309 e. The molecule has 0 aliphatic heterocycles. The van der Waals surface area contributed by atoms with Gasteiger partial charge in [-0.2, -0.15) is 0 Å². The Bertz CT molecular complexity index is 354. The van der Waals surface area contributed by atoms with Gasteiger partial charge < -0.3 is 10.1 Å². The molecule has 0 spiro atoms. The van der Waals surface area contributed by atoms with Crippen LogP contribution in [0.1, 0.15) is 18.7 Å². The average Bonchev–Trinajstić information content (AvgIpc) is 2.69. The molecule has 0 fully saturated rings. The monoisotopic (exact) mass is 261 g/mol. The molecule has 1 rings (SSSR count). The Morgan fingerprint density at radius 1 is 1.56 bits per heavy atom. The Morgan fingerprint density at radius 3 is 2.75 bits per heavy atom. The van der Waals surface area contributed by atoms with Crippen molar-refractivity contribution >= 4 is 28.9 Å². The second kappa shape index (κ2) is 6.23. The summed E-state index contributed by atoms with van der Waals surface area (Å²) in [6.45, 7) is 4.54. The van der Waals surface area contributed by atoms with Gasteiger partial charge in [-0.15, -0.1) is 11.3 Å². The van der Waals surface area contributed by atoms with Crippen molar-refractivity contribution in [2.24, 2.45) is 5.92 Å². The van der Waals surface area contributed by atoms with E-state index in [4.69, 9.17) is 16.3 Å². The molecule has 2 atom stereocenters. The molecule has 0 bridgehead atoms. The fourth-order valence-electron chi connectivity index (χ4n) is 1.28. The van der Waals surface area contributed by atoms with Crippen molar-refractivity contribution in [1.29, 1.82) is 0 Å². The molecule has 0 radical (unpaired) electrons. The van der Waals surface area contributed by atoms with Gasteiger partial charge in [0.25, 0.3) is 0 Å². The van der Waals surface area contributed by atoms with Crippen molar-refractivity contribution in [2.45, 2.75) is 26.4 Å². The average molecular weight is 262 g/mol. The lowest BCUT2D eigenvalue weighted by Crippen LogP contribution is -2.36. The maximum Gasteiger partial charge on any atom is 0.309 e. The molecule has 0 amide bonds. The van der Waals surface area contributed by atoms with Crippen molar-refractivity contribution in [1.82, 2.24) is 5.32 Å². The summed E-state index contributed by atoms with van der Waals surface area (Å²) >= 11 is 7.37. The first-order valence-electron chi connectivity index (χ1n) is 5.10. The normalized spacial score (nSPS) is 14.5. The highest BCUT2D eigenvalue weighted by Gasteiger charge is 2.20. The fourth-order valence-corrected chi connectivity index (χ4v) is 2.31. The number of hydrogen-bond acceptors (Lipinski definition) is 4. The number of esters is 1. The molecular weight excluding hydrogens is 246 g/mol. The van der Waals surface area contributed by atoms with Crippen molar-refractivity contribution in [3.8, 4) is 0 Å². The summed E-state index contributed by atoms with van der Waals surface area (Å²) in [4.78, 5) is 12.4. The maximum atomic E-state index is 11.3. The van der Waals surface area contributed by atoms with Crippen LogP contribution >= 0.6 is 22.9 Å². The number of nitrogens with one attached hydrogen (secondary N) is 1. The summed E-state index contributed by atoms with van der Waals surface area (Å²) in [7, 11) is 1.41. The number of thiophene rings is 1. The van der Waals surface area contributed by atoms with Gasteiger partial charge in [0.15, 0.2) is 0 Å². The van der Waals surface area contributed by atoms with Gasteiger partial charge in [-0.1, -0.05) is 18.5 Å². The van der Waals surface area contributed by atoms with Crippen LogP contribution in [0.25, 0.3) is 0 Å². The Balaban J connectivity index is 2.40. The number of halogens is 1. The third kappa shape index (κ3) is 3.77. The summed E-state index contributed by atoms with van der Waals surface area (Å²) in [5.41, 5.74) is 0. The molecule has 0 aliphatic carbocycles. The van der Waals surface area contributed by atoms with E-state index in [-0.39, 0.29) is 17.9 Å². The van der Waals surface area contributed by atoms with Gasteiger partial charge in [0, 0.05) is 17.5 Å². The van der Waals surface area contributed by atoms with E-state index >= 15 is 0 Å². The van der Waals surface area contributed by atoms with E-state index in [9.17, 15) is 4.79 Å². The highest BCUT2D eigenvalue weighted by atomic mass is 35.5. The summed E-state index contributed by atoms with van der Waals surface area (Å²) in [5.74, 6) is -0.343. The van der Waals surface area contributed by atoms with Gasteiger partial charge in [-0.25, -0.2) is 0 Å². The number of rotatable bonds is 5. The molecule has 1 aromatic heterocycles. The lowest BCUT2D eigenvalue weighted by molar-refractivity contribution is -0.145. The minimum atomic E-state index is -0.191. The molecule has 0 saturated heterocycles. The number of hydrogen-bond donors (Lipinski definition) is 1. The Kier molecular flexibility index (Phi) is 5.25. The minimum Gasteiger partial charge on any atom is -0.469 e. The van der Waals surface area contributed by atoms with Gasteiger partial charge in [0.2, 0.25) is 0 Å². The topological polar surface area (TPSA) is 38.3 Å². The Hall–Kier alpha value is -0.580. The van der Waals surface area contributed by atoms with Crippen molar-refractivity contribution in [2.75, 3.05) is 7.11 Å². The van der Waals surface area contributed by atoms with E-state index in [1.807, 2.05) is 26.0 Å². The molecule has 1 heterocycles. The van der Waals surface area contributed by atoms with Crippen molar-refractivity contribution in [3.05, 3.63) is 21.3 Å². The molecule has 0 saturated carbocycles. The second-order valence-electron chi connectivity index (χ2n) is 3.69. The molecule has 1 aromatic rings. The second-order valence-corrected chi connectivity index (χ2v) is 5.49. The molecule has 5 heteroatoms. The van der Waals surface area contributed by atoms with Crippen LogP contribution in [-0.2, 0) is 16.1 Å². The molecule has 16 heavy (non-hydrogen) atoms. The standard InChI is InChI=1S/C11H16ClNO2S/c1-7(11(14)15-3)8(2)13-6-9-4-5-10(12)16-9/h4-5,7-8,13H,6H2,1-3H3. The van der Waals surface area contributed by atoms with Crippen LogP contribution in [0.5, 0.6) is 0 Å². The van der Waals surface area contributed by atoms with E-state index in [1.165, 1.54) is 7.11 Å². The van der Waals surface area contributed by atoms with Gasteiger partial charge in [0.1, 0.15) is 0 Å². The number of carbonyl (C=O) groups excluding carboxylic acids is 1. The van der Waals surface area contributed by atoms with Crippen molar-refractivity contribution < 1.29 is 9.53 Å². The lowest BCUT2D eigenvalue weighted by atomic mass is 10.0. The number of carbonyl (C=O) groups is 1. The highest BCUT2D eigenvalue weighted by Crippen LogP contribution is 2.21. The SMILES string of the molecule is COC(=O)C(C)C(C)NCc1ccc(Cl)s1. The van der Waals surface area contributed by atoms with E-state index in [0.29, 0.717) is 0 Å². The maximum absolute atomic E-state index is 11.3. The summed E-state index contributed by atoms with van der Waals surface area (Å²) in [6.07, 6.45) is 0. The fraction of sp³-hybridized carbons (Fsp3) is 0.545. The van der Waals surface area contributed by atoms with E-state index in [0.717, 1.165) is 15.8 Å². The van der Waals surface area contributed by atoms with Crippen LogP contribution in [-0.4, -0.2) is 19.1 Å². The van der Waals surface area contributed by atoms with E-state index in [1.54, 1.807) is 11.3 Å². The molecule has 90 valence electrons. The van der Waals surface area contributed by atoms with Crippen LogP contribution in [0.15, 0.2) is 12.1 Å². The summed E-state index contributed by atoms with van der Waals surface area (Å²) in [5, 5.41) is 3.28. The van der Waals surface area contributed by atoms with Gasteiger partial charge in [-0.05, 0) is 19.1 Å². The van der Waals surface area contributed by atoms with Crippen LogP contribution in [0.4, 0.5) is 0 Å². The van der Waals surface area contributed by atoms with Crippen LogP contribution in [0.3, 0.4) is 0 Å². The molecule has 0 aromatic carbocycles. The Morgan fingerprint density at radius 2 is 2.25 bits per heavy atom. The quantitative estimate of drug-likeness (QED) is 0.829. The minimum absolute atomic E-state index is 0.0772. The predicted octanol–water partition coefficient (Wildman–Crippen LogP) is 2.69. The highest BCUT2D eigenvalue weighted by molar-refractivity contribution is 7.16. The van der Waals surface area contributed by atoms with Gasteiger partial charge in [0.05, 0.1) is 17.4 Å².